The summed E-state index contributed by atoms with van der Waals surface area (Å²) in [5, 5.41) is 4.07. The van der Waals surface area contributed by atoms with E-state index in [4.69, 9.17) is 0 Å². The molecule has 1 aromatic carbocycles. The van der Waals surface area contributed by atoms with Gasteiger partial charge in [-0.2, -0.15) is 4.68 Å². The van der Waals surface area contributed by atoms with Crippen molar-refractivity contribution in [3.05, 3.63) is 56.7 Å². The number of pyridine rings is 1. The Hall–Kier alpha value is -2.67. The molecule has 1 N–H and O–H groups in total. The standard InChI is InChI=1S/C15H12N4O2S/c1-8-13-10(7-12(20)18(8)2)17-19(14(13)21)15-16-9-5-3-4-6-11(9)22-15/h3-7,17H,1-2H3. The monoisotopic (exact) mass is 312 g/mol. The summed E-state index contributed by atoms with van der Waals surface area (Å²) in [6, 6.07) is 9.16. The van der Waals surface area contributed by atoms with Gasteiger partial charge in [0.25, 0.3) is 11.1 Å². The van der Waals surface area contributed by atoms with Crippen molar-refractivity contribution < 1.29 is 0 Å². The summed E-state index contributed by atoms with van der Waals surface area (Å²) in [5.41, 5.74) is 1.68. The number of nitrogens with one attached hydrogen (secondary N) is 1. The molecule has 4 aromatic rings. The summed E-state index contributed by atoms with van der Waals surface area (Å²) in [6.07, 6.45) is 0. The SMILES string of the molecule is Cc1c2c(=O)n(-c3nc4ccccc4s3)[nH]c2cc(=O)n1C. The number of hydrogen-bond donors (Lipinski definition) is 1. The summed E-state index contributed by atoms with van der Waals surface area (Å²) in [4.78, 5) is 29.0. The highest BCUT2D eigenvalue weighted by molar-refractivity contribution is 7.20. The fourth-order valence-electron chi connectivity index (χ4n) is 2.55. The van der Waals surface area contributed by atoms with Crippen LogP contribution in [0.15, 0.2) is 39.9 Å². The first-order chi connectivity index (χ1) is 10.6. The third kappa shape index (κ3) is 1.69. The molecule has 0 spiro atoms. The first kappa shape index (κ1) is 13.0. The largest absolute Gasteiger partial charge is 0.315 e. The smallest absolute Gasteiger partial charge is 0.282 e. The maximum atomic E-state index is 12.7. The average Bonchev–Trinajstić information content (AvgIpc) is 3.06. The Morgan fingerprint density at radius 2 is 2.00 bits per heavy atom. The summed E-state index contributed by atoms with van der Waals surface area (Å²) in [5.74, 6) is 0. The second-order valence-electron chi connectivity index (χ2n) is 5.13. The molecule has 22 heavy (non-hydrogen) atoms. The van der Waals surface area contributed by atoms with E-state index in [-0.39, 0.29) is 11.1 Å². The van der Waals surface area contributed by atoms with E-state index in [1.165, 1.54) is 26.7 Å². The number of aryl methyl sites for hydroxylation is 1. The number of rotatable bonds is 1. The van der Waals surface area contributed by atoms with Crippen LogP contribution < -0.4 is 11.1 Å². The van der Waals surface area contributed by atoms with Crippen molar-refractivity contribution in [1.82, 2.24) is 19.3 Å². The van der Waals surface area contributed by atoms with Gasteiger partial charge in [0.05, 0.1) is 21.1 Å². The first-order valence-corrected chi connectivity index (χ1v) is 7.55. The van der Waals surface area contributed by atoms with Gasteiger partial charge < -0.3 is 4.57 Å². The zero-order valence-corrected chi connectivity index (χ0v) is 12.8. The second kappa shape index (κ2) is 4.41. The van der Waals surface area contributed by atoms with Gasteiger partial charge in [-0.1, -0.05) is 23.5 Å². The molecule has 0 bridgehead atoms. The van der Waals surface area contributed by atoms with Gasteiger partial charge in [0.2, 0.25) is 5.13 Å². The summed E-state index contributed by atoms with van der Waals surface area (Å²) < 4.78 is 3.89. The highest BCUT2D eigenvalue weighted by atomic mass is 32.1. The van der Waals surface area contributed by atoms with Crippen LogP contribution in [0.1, 0.15) is 5.69 Å². The third-order valence-electron chi connectivity index (χ3n) is 3.86. The van der Waals surface area contributed by atoms with Crippen LogP contribution >= 0.6 is 11.3 Å². The maximum absolute atomic E-state index is 12.7. The fraction of sp³-hybridized carbons (Fsp3) is 0.133. The molecule has 0 saturated carbocycles. The lowest BCUT2D eigenvalue weighted by Crippen LogP contribution is -2.20. The van der Waals surface area contributed by atoms with E-state index in [1.807, 2.05) is 24.3 Å². The molecule has 0 aliphatic rings. The van der Waals surface area contributed by atoms with Gasteiger partial charge in [0, 0.05) is 18.8 Å². The Balaban J connectivity index is 2.07. The van der Waals surface area contributed by atoms with Crippen LogP contribution in [0.3, 0.4) is 0 Å². The molecule has 0 saturated heterocycles. The van der Waals surface area contributed by atoms with Crippen LogP contribution in [-0.4, -0.2) is 19.3 Å². The molecular formula is C15H12N4O2S. The molecule has 0 atom stereocenters. The van der Waals surface area contributed by atoms with Gasteiger partial charge in [-0.15, -0.1) is 0 Å². The topological polar surface area (TPSA) is 72.7 Å². The van der Waals surface area contributed by atoms with E-state index in [1.54, 1.807) is 14.0 Å². The molecule has 7 heteroatoms. The Kier molecular flexibility index (Phi) is 2.61. The Labute approximate surface area is 128 Å². The number of aromatic amines is 1. The van der Waals surface area contributed by atoms with Crippen molar-refractivity contribution in [3.63, 3.8) is 0 Å². The van der Waals surface area contributed by atoms with Crippen molar-refractivity contribution >= 4 is 32.5 Å². The van der Waals surface area contributed by atoms with Gasteiger partial charge in [0.15, 0.2) is 0 Å². The van der Waals surface area contributed by atoms with E-state index in [9.17, 15) is 9.59 Å². The second-order valence-corrected chi connectivity index (χ2v) is 6.14. The normalized spacial score (nSPS) is 11.5. The van der Waals surface area contributed by atoms with Crippen molar-refractivity contribution in [2.45, 2.75) is 6.92 Å². The molecule has 6 nitrogen and oxygen atoms in total. The van der Waals surface area contributed by atoms with Gasteiger partial charge in [-0.3, -0.25) is 14.7 Å². The minimum Gasteiger partial charge on any atom is -0.315 e. The molecule has 0 aliphatic heterocycles. The van der Waals surface area contributed by atoms with Crippen LogP contribution in [0.4, 0.5) is 0 Å². The van der Waals surface area contributed by atoms with Crippen LogP contribution in [0.25, 0.3) is 26.3 Å². The highest BCUT2D eigenvalue weighted by Crippen LogP contribution is 2.24. The lowest BCUT2D eigenvalue weighted by atomic mass is 10.2. The highest BCUT2D eigenvalue weighted by Gasteiger charge is 2.15. The predicted octanol–water partition coefficient (Wildman–Crippen LogP) is 1.94. The van der Waals surface area contributed by atoms with Crippen molar-refractivity contribution in [2.75, 3.05) is 0 Å². The van der Waals surface area contributed by atoms with Crippen molar-refractivity contribution in [2.24, 2.45) is 7.05 Å². The molecule has 3 heterocycles. The first-order valence-electron chi connectivity index (χ1n) is 6.73. The minimum atomic E-state index is -0.192. The number of thiazole rings is 1. The van der Waals surface area contributed by atoms with Gasteiger partial charge in [0.1, 0.15) is 0 Å². The average molecular weight is 312 g/mol. The quantitative estimate of drug-likeness (QED) is 0.584. The zero-order valence-electron chi connectivity index (χ0n) is 12.0. The molecule has 0 unspecified atom stereocenters. The minimum absolute atomic E-state index is 0.150. The molecule has 0 fully saturated rings. The van der Waals surface area contributed by atoms with Crippen molar-refractivity contribution in [3.8, 4) is 5.13 Å². The lowest BCUT2D eigenvalue weighted by molar-refractivity contribution is 0.830. The fourth-order valence-corrected chi connectivity index (χ4v) is 3.48. The molecule has 0 amide bonds. The van der Waals surface area contributed by atoms with Gasteiger partial charge >= 0.3 is 0 Å². The maximum Gasteiger partial charge on any atom is 0.282 e. The molecule has 0 radical (unpaired) electrons. The lowest BCUT2D eigenvalue weighted by Gasteiger charge is -2.01. The Bertz CT molecular complexity index is 1110. The van der Waals surface area contributed by atoms with Gasteiger partial charge in [-0.25, -0.2) is 4.98 Å². The molecular weight excluding hydrogens is 300 g/mol. The Morgan fingerprint density at radius 1 is 1.23 bits per heavy atom. The predicted molar refractivity (Wildman–Crippen MR) is 87.1 cm³/mol. The number of hydrogen-bond acceptors (Lipinski definition) is 4. The summed E-state index contributed by atoms with van der Waals surface area (Å²) >= 11 is 1.43. The van der Waals surface area contributed by atoms with Crippen LogP contribution in [0, 0.1) is 6.92 Å². The number of aromatic nitrogens is 4. The van der Waals surface area contributed by atoms with E-state index in [0.717, 1.165) is 10.2 Å². The van der Waals surface area contributed by atoms with Crippen LogP contribution in [-0.2, 0) is 7.05 Å². The van der Waals surface area contributed by atoms with Crippen molar-refractivity contribution in [1.29, 1.82) is 0 Å². The van der Waals surface area contributed by atoms with Gasteiger partial charge in [-0.05, 0) is 19.1 Å². The molecule has 110 valence electrons. The number of para-hydroxylation sites is 1. The number of fused-ring (bicyclic) bond motifs is 2. The van der Waals surface area contributed by atoms with E-state index >= 15 is 0 Å². The van der Waals surface area contributed by atoms with E-state index in [2.05, 4.69) is 10.1 Å². The number of benzene rings is 1. The molecule has 4 rings (SSSR count). The summed E-state index contributed by atoms with van der Waals surface area (Å²) in [7, 11) is 1.66. The Morgan fingerprint density at radius 3 is 2.77 bits per heavy atom. The number of nitrogens with zero attached hydrogens (tertiary/aromatic N) is 3. The third-order valence-corrected chi connectivity index (χ3v) is 4.88. The number of H-pyrrole nitrogens is 1. The van der Waals surface area contributed by atoms with E-state index in [0.29, 0.717) is 21.7 Å². The molecule has 3 aromatic heterocycles. The summed E-state index contributed by atoms with van der Waals surface area (Å²) in [6.45, 7) is 1.77. The zero-order chi connectivity index (χ0) is 15.4. The van der Waals surface area contributed by atoms with E-state index < -0.39 is 0 Å². The molecule has 0 aliphatic carbocycles. The van der Waals surface area contributed by atoms with Crippen LogP contribution in [0.2, 0.25) is 0 Å². The van der Waals surface area contributed by atoms with Crippen LogP contribution in [0.5, 0.6) is 0 Å².